The van der Waals surface area contributed by atoms with E-state index in [4.69, 9.17) is 10.5 Å². The number of nitrogens with two attached hydrogens (primary N) is 1. The van der Waals surface area contributed by atoms with Gasteiger partial charge < -0.3 is 15.4 Å². The van der Waals surface area contributed by atoms with E-state index < -0.39 is 5.60 Å². The zero-order chi connectivity index (χ0) is 14.8. The van der Waals surface area contributed by atoms with E-state index in [1.165, 1.54) is 0 Å². The average Bonchev–Trinajstić information content (AvgIpc) is 2.88. The lowest BCUT2D eigenvalue weighted by atomic mass is 10.0. The van der Waals surface area contributed by atoms with Gasteiger partial charge in [0, 0.05) is 12.2 Å². The predicted octanol–water partition coefficient (Wildman–Crippen LogP) is 3.73. The Kier molecular flexibility index (Phi) is 4.21. The highest BCUT2D eigenvalue weighted by Gasteiger charge is 2.33. The molecule has 0 saturated carbocycles. The van der Waals surface area contributed by atoms with Crippen molar-refractivity contribution in [2.45, 2.75) is 51.7 Å². The van der Waals surface area contributed by atoms with Crippen LogP contribution in [0.3, 0.4) is 0 Å². The largest absolute Gasteiger partial charge is 0.443 e. The number of hydrogen-bond donors (Lipinski definition) is 1. The fraction of sp³-hybridized carbons (Fsp3) is 0.562. The fourth-order valence-corrected chi connectivity index (χ4v) is 2.42. The van der Waals surface area contributed by atoms with Gasteiger partial charge >= 0.3 is 6.09 Å². The molecule has 1 unspecified atom stereocenters. The zero-order valence-corrected chi connectivity index (χ0v) is 12.6. The van der Waals surface area contributed by atoms with Crippen molar-refractivity contribution in [2.24, 2.45) is 0 Å². The van der Waals surface area contributed by atoms with Crippen LogP contribution in [0.25, 0.3) is 0 Å². The van der Waals surface area contributed by atoms with E-state index in [9.17, 15) is 4.79 Å². The Labute approximate surface area is 120 Å². The third-order valence-corrected chi connectivity index (χ3v) is 4.02. The predicted molar refractivity (Wildman–Crippen MR) is 80.4 cm³/mol. The maximum Gasteiger partial charge on any atom is 0.410 e. The molecule has 2 N–H and O–H groups in total. The number of rotatable bonds is 3. The number of hydrogen-bond acceptors (Lipinski definition) is 3. The lowest BCUT2D eigenvalue weighted by Gasteiger charge is -2.30. The van der Waals surface area contributed by atoms with Crippen LogP contribution < -0.4 is 5.73 Å². The summed E-state index contributed by atoms with van der Waals surface area (Å²) in [7, 11) is 0. The molecule has 0 aliphatic carbocycles. The van der Waals surface area contributed by atoms with Gasteiger partial charge in [0.25, 0.3) is 0 Å². The molecule has 1 atom stereocenters. The van der Waals surface area contributed by atoms with Crippen LogP contribution in [-0.4, -0.2) is 23.1 Å². The Morgan fingerprint density at radius 3 is 2.65 bits per heavy atom. The highest BCUT2D eigenvalue weighted by atomic mass is 16.6. The van der Waals surface area contributed by atoms with Crippen molar-refractivity contribution in [1.82, 2.24) is 4.90 Å². The molecule has 20 heavy (non-hydrogen) atoms. The van der Waals surface area contributed by atoms with Crippen LogP contribution in [0.4, 0.5) is 10.5 Å². The highest BCUT2D eigenvalue weighted by Crippen LogP contribution is 2.33. The van der Waals surface area contributed by atoms with Crippen molar-refractivity contribution in [3.63, 3.8) is 0 Å². The van der Waals surface area contributed by atoms with Gasteiger partial charge in [-0.25, -0.2) is 4.79 Å². The van der Waals surface area contributed by atoms with Crippen LogP contribution in [0.15, 0.2) is 24.3 Å². The molecule has 0 spiro atoms. The molecule has 110 valence electrons. The maximum atomic E-state index is 12.3. The Morgan fingerprint density at radius 2 is 2.05 bits per heavy atom. The Hall–Kier alpha value is -1.71. The van der Waals surface area contributed by atoms with Crippen molar-refractivity contribution >= 4 is 11.8 Å². The standard InChI is InChI=1S/C16H24N2O2/c1-4-16(2,3)20-15(19)18-11-5-6-14(18)12-7-9-13(17)10-8-12/h7-10,14H,4-6,11,17H2,1-3H3. The number of carbonyl (C=O) groups excluding carboxylic acids is 1. The molecule has 2 rings (SSSR count). The monoisotopic (exact) mass is 276 g/mol. The first kappa shape index (κ1) is 14.7. The summed E-state index contributed by atoms with van der Waals surface area (Å²) in [6, 6.07) is 7.86. The van der Waals surface area contributed by atoms with Gasteiger partial charge in [0.05, 0.1) is 6.04 Å². The van der Waals surface area contributed by atoms with E-state index in [1.807, 2.05) is 49.9 Å². The number of anilines is 1. The summed E-state index contributed by atoms with van der Waals surface area (Å²) in [5.74, 6) is 0. The third kappa shape index (κ3) is 3.24. The van der Waals surface area contributed by atoms with Crippen LogP contribution in [0.5, 0.6) is 0 Å². The number of ether oxygens (including phenoxy) is 1. The summed E-state index contributed by atoms with van der Waals surface area (Å²) >= 11 is 0. The number of carbonyl (C=O) groups is 1. The molecular formula is C16H24N2O2. The fourth-order valence-electron chi connectivity index (χ4n) is 2.42. The van der Waals surface area contributed by atoms with Gasteiger partial charge in [0.1, 0.15) is 5.60 Å². The van der Waals surface area contributed by atoms with E-state index in [0.29, 0.717) is 0 Å². The molecule has 1 fully saturated rings. The van der Waals surface area contributed by atoms with E-state index in [1.54, 1.807) is 0 Å². The van der Waals surface area contributed by atoms with Gasteiger partial charge in [-0.1, -0.05) is 19.1 Å². The topological polar surface area (TPSA) is 55.6 Å². The first-order valence-corrected chi connectivity index (χ1v) is 7.28. The van der Waals surface area contributed by atoms with Crippen molar-refractivity contribution in [3.05, 3.63) is 29.8 Å². The minimum Gasteiger partial charge on any atom is -0.443 e. The second-order valence-electron chi connectivity index (χ2n) is 6.00. The maximum absolute atomic E-state index is 12.3. The minimum absolute atomic E-state index is 0.107. The lowest BCUT2D eigenvalue weighted by Crippen LogP contribution is -2.37. The molecule has 0 bridgehead atoms. The van der Waals surface area contributed by atoms with Crippen molar-refractivity contribution in [2.75, 3.05) is 12.3 Å². The van der Waals surface area contributed by atoms with Crippen molar-refractivity contribution in [1.29, 1.82) is 0 Å². The van der Waals surface area contributed by atoms with E-state index in [0.717, 1.165) is 37.1 Å². The number of likely N-dealkylation sites (tertiary alicyclic amines) is 1. The van der Waals surface area contributed by atoms with Crippen LogP contribution in [0, 0.1) is 0 Å². The Bertz CT molecular complexity index is 468. The van der Waals surface area contributed by atoms with Gasteiger partial charge in [-0.3, -0.25) is 0 Å². The van der Waals surface area contributed by atoms with Crippen LogP contribution in [0.2, 0.25) is 0 Å². The SMILES string of the molecule is CCC(C)(C)OC(=O)N1CCCC1c1ccc(N)cc1. The van der Waals surface area contributed by atoms with Crippen molar-refractivity contribution < 1.29 is 9.53 Å². The zero-order valence-electron chi connectivity index (χ0n) is 12.6. The summed E-state index contributed by atoms with van der Waals surface area (Å²) in [6.45, 7) is 6.67. The van der Waals surface area contributed by atoms with Gasteiger partial charge in [0.15, 0.2) is 0 Å². The van der Waals surface area contributed by atoms with Gasteiger partial charge in [-0.05, 0) is 50.8 Å². The summed E-state index contributed by atoms with van der Waals surface area (Å²) in [5.41, 5.74) is 7.18. The molecule has 1 saturated heterocycles. The summed E-state index contributed by atoms with van der Waals surface area (Å²) in [5, 5.41) is 0. The van der Waals surface area contributed by atoms with Crippen LogP contribution in [-0.2, 0) is 4.74 Å². The van der Waals surface area contributed by atoms with Gasteiger partial charge in [-0.2, -0.15) is 0 Å². The first-order valence-electron chi connectivity index (χ1n) is 7.28. The van der Waals surface area contributed by atoms with E-state index in [2.05, 4.69) is 0 Å². The highest BCUT2D eigenvalue weighted by molar-refractivity contribution is 5.69. The minimum atomic E-state index is -0.411. The van der Waals surface area contributed by atoms with E-state index >= 15 is 0 Å². The molecule has 4 heteroatoms. The summed E-state index contributed by atoms with van der Waals surface area (Å²) in [6.07, 6.45) is 2.58. The van der Waals surface area contributed by atoms with Crippen LogP contribution >= 0.6 is 0 Å². The second kappa shape index (κ2) is 5.73. The van der Waals surface area contributed by atoms with Crippen molar-refractivity contribution in [3.8, 4) is 0 Å². The molecule has 1 aliphatic rings. The molecular weight excluding hydrogens is 252 g/mol. The average molecular weight is 276 g/mol. The number of nitrogens with zero attached hydrogens (tertiary/aromatic N) is 1. The molecule has 0 radical (unpaired) electrons. The number of nitrogen functional groups attached to an aromatic ring is 1. The Morgan fingerprint density at radius 1 is 1.40 bits per heavy atom. The summed E-state index contributed by atoms with van der Waals surface area (Å²) in [4.78, 5) is 14.2. The number of benzene rings is 1. The quantitative estimate of drug-likeness (QED) is 0.856. The van der Waals surface area contributed by atoms with Gasteiger partial charge in [0.2, 0.25) is 0 Å². The molecule has 1 amide bonds. The third-order valence-electron chi connectivity index (χ3n) is 4.02. The van der Waals surface area contributed by atoms with Crippen LogP contribution in [0.1, 0.15) is 51.6 Å². The van der Waals surface area contributed by atoms with E-state index in [-0.39, 0.29) is 12.1 Å². The second-order valence-corrected chi connectivity index (χ2v) is 6.00. The molecule has 1 aromatic carbocycles. The first-order chi connectivity index (χ1) is 9.43. The summed E-state index contributed by atoms with van der Waals surface area (Å²) < 4.78 is 5.61. The lowest BCUT2D eigenvalue weighted by molar-refractivity contribution is 0.00910. The Balaban J connectivity index is 2.11. The molecule has 1 aliphatic heterocycles. The number of amides is 1. The van der Waals surface area contributed by atoms with Gasteiger partial charge in [-0.15, -0.1) is 0 Å². The normalized spacial score (nSPS) is 19.1. The smallest absolute Gasteiger partial charge is 0.410 e. The molecule has 1 heterocycles. The molecule has 0 aromatic heterocycles. The molecule has 1 aromatic rings. The molecule has 4 nitrogen and oxygen atoms in total.